The molecular formula is C7H3N3O6. The summed E-state index contributed by atoms with van der Waals surface area (Å²) in [7, 11) is 0. The molecule has 2 rings (SSSR count). The highest BCUT2D eigenvalue weighted by Gasteiger charge is 2.26. The molecule has 0 aliphatic carbocycles. The normalized spacial score (nSPS) is 10.5. The summed E-state index contributed by atoms with van der Waals surface area (Å²) in [6, 6.07) is 1.73. The van der Waals surface area contributed by atoms with E-state index < -0.39 is 27.0 Å². The molecule has 0 spiro atoms. The quantitative estimate of drug-likeness (QED) is 0.597. The standard InChI is InChI=1S/C7H3N3O6/c11-7-8-3-1-4(9(12)13)5(10(14)15)2-6(3)16-7/h1-2H,(H,8,11). The van der Waals surface area contributed by atoms with Crippen LogP contribution < -0.4 is 5.76 Å². The molecule has 0 radical (unpaired) electrons. The van der Waals surface area contributed by atoms with Crippen molar-refractivity contribution in [3.05, 3.63) is 42.9 Å². The topological polar surface area (TPSA) is 132 Å². The van der Waals surface area contributed by atoms with E-state index in [4.69, 9.17) is 0 Å². The molecule has 82 valence electrons. The number of hydrogen-bond donors (Lipinski definition) is 1. The zero-order valence-corrected chi connectivity index (χ0v) is 7.50. The number of hydrogen-bond acceptors (Lipinski definition) is 6. The first-order valence-corrected chi connectivity index (χ1v) is 3.94. The van der Waals surface area contributed by atoms with Crippen LogP contribution in [0.15, 0.2) is 21.3 Å². The molecule has 0 saturated carbocycles. The smallest absolute Gasteiger partial charge is 0.408 e. The van der Waals surface area contributed by atoms with Crippen molar-refractivity contribution in [2.24, 2.45) is 0 Å². The Hall–Kier alpha value is -2.71. The van der Waals surface area contributed by atoms with Crippen molar-refractivity contribution in [1.82, 2.24) is 4.98 Å². The first kappa shape index (κ1) is 9.83. The highest BCUT2D eigenvalue weighted by molar-refractivity contribution is 5.80. The lowest BCUT2D eigenvalue weighted by Crippen LogP contribution is -1.96. The number of oxazole rings is 1. The van der Waals surface area contributed by atoms with Crippen LogP contribution in [0, 0.1) is 20.2 Å². The van der Waals surface area contributed by atoms with Crippen molar-refractivity contribution < 1.29 is 14.3 Å². The molecular weight excluding hydrogens is 222 g/mol. The van der Waals surface area contributed by atoms with Crippen molar-refractivity contribution in [2.45, 2.75) is 0 Å². The summed E-state index contributed by atoms with van der Waals surface area (Å²) in [6.45, 7) is 0. The summed E-state index contributed by atoms with van der Waals surface area (Å²) in [5.74, 6) is -0.829. The van der Waals surface area contributed by atoms with E-state index in [1.165, 1.54) is 0 Å². The van der Waals surface area contributed by atoms with E-state index in [2.05, 4.69) is 9.40 Å². The number of nitro benzene ring substituents is 2. The monoisotopic (exact) mass is 225 g/mol. The van der Waals surface area contributed by atoms with Crippen LogP contribution in [0.1, 0.15) is 0 Å². The van der Waals surface area contributed by atoms with E-state index in [0.29, 0.717) is 0 Å². The van der Waals surface area contributed by atoms with Gasteiger partial charge in [-0.2, -0.15) is 0 Å². The highest BCUT2D eigenvalue weighted by Crippen LogP contribution is 2.30. The fourth-order valence-corrected chi connectivity index (χ4v) is 1.27. The predicted octanol–water partition coefficient (Wildman–Crippen LogP) is 0.937. The molecule has 0 saturated heterocycles. The first-order valence-electron chi connectivity index (χ1n) is 3.94. The molecule has 0 fully saturated rings. The second-order valence-electron chi connectivity index (χ2n) is 2.87. The Morgan fingerprint density at radius 2 is 1.69 bits per heavy atom. The molecule has 1 aromatic heterocycles. The molecule has 16 heavy (non-hydrogen) atoms. The second-order valence-corrected chi connectivity index (χ2v) is 2.87. The Labute approximate surface area is 85.6 Å². The molecule has 1 N–H and O–H groups in total. The molecule has 9 heteroatoms. The Kier molecular flexibility index (Phi) is 1.94. The van der Waals surface area contributed by atoms with Crippen molar-refractivity contribution in [3.63, 3.8) is 0 Å². The van der Waals surface area contributed by atoms with Gasteiger partial charge in [0.25, 0.3) is 0 Å². The maximum Gasteiger partial charge on any atom is 0.417 e. The van der Waals surface area contributed by atoms with Crippen molar-refractivity contribution in [3.8, 4) is 0 Å². The van der Waals surface area contributed by atoms with E-state index >= 15 is 0 Å². The van der Waals surface area contributed by atoms with Gasteiger partial charge in [0, 0.05) is 0 Å². The number of benzene rings is 1. The summed E-state index contributed by atoms with van der Waals surface area (Å²) in [5.41, 5.74) is -1.47. The van der Waals surface area contributed by atoms with E-state index in [9.17, 15) is 25.0 Å². The van der Waals surface area contributed by atoms with Gasteiger partial charge in [-0.25, -0.2) is 4.79 Å². The minimum absolute atomic E-state index is 0.0438. The number of fused-ring (bicyclic) bond motifs is 1. The Morgan fingerprint density at radius 3 is 2.25 bits per heavy atom. The number of nitrogens with one attached hydrogen (secondary N) is 1. The fourth-order valence-electron chi connectivity index (χ4n) is 1.27. The molecule has 0 unspecified atom stereocenters. The van der Waals surface area contributed by atoms with Crippen LogP contribution in [0.4, 0.5) is 11.4 Å². The van der Waals surface area contributed by atoms with Gasteiger partial charge in [-0.1, -0.05) is 0 Å². The maximum absolute atomic E-state index is 10.8. The largest absolute Gasteiger partial charge is 0.417 e. The van der Waals surface area contributed by atoms with Crippen molar-refractivity contribution in [1.29, 1.82) is 0 Å². The van der Waals surface area contributed by atoms with Gasteiger partial charge in [-0.05, 0) is 0 Å². The Morgan fingerprint density at radius 1 is 1.12 bits per heavy atom. The Balaban J connectivity index is 2.85. The van der Waals surface area contributed by atoms with Gasteiger partial charge in [-0.3, -0.25) is 25.2 Å². The number of nitro groups is 2. The molecule has 0 amide bonds. The third-order valence-corrected chi connectivity index (χ3v) is 1.91. The van der Waals surface area contributed by atoms with E-state index in [-0.39, 0.29) is 11.1 Å². The number of rotatable bonds is 2. The molecule has 0 atom stereocenters. The molecule has 1 heterocycles. The lowest BCUT2D eigenvalue weighted by atomic mass is 10.2. The molecule has 9 nitrogen and oxygen atoms in total. The molecule has 0 aliphatic rings. The number of H-pyrrole nitrogens is 1. The lowest BCUT2D eigenvalue weighted by Gasteiger charge is -1.93. The Bertz CT molecular complexity index is 600. The summed E-state index contributed by atoms with van der Waals surface area (Å²) in [6.07, 6.45) is 0. The van der Waals surface area contributed by atoms with Crippen LogP contribution in [0.3, 0.4) is 0 Å². The van der Waals surface area contributed by atoms with E-state index in [1.807, 2.05) is 0 Å². The van der Waals surface area contributed by atoms with Gasteiger partial charge >= 0.3 is 17.1 Å². The van der Waals surface area contributed by atoms with Crippen LogP contribution in [-0.4, -0.2) is 14.8 Å². The zero-order valence-electron chi connectivity index (χ0n) is 7.50. The van der Waals surface area contributed by atoms with Gasteiger partial charge < -0.3 is 4.42 Å². The summed E-state index contributed by atoms with van der Waals surface area (Å²) < 4.78 is 4.56. The molecule has 2 aromatic rings. The molecule has 0 bridgehead atoms. The van der Waals surface area contributed by atoms with Gasteiger partial charge in [0.15, 0.2) is 5.58 Å². The van der Waals surface area contributed by atoms with E-state index in [1.54, 1.807) is 0 Å². The third-order valence-electron chi connectivity index (χ3n) is 1.91. The summed E-state index contributed by atoms with van der Waals surface area (Å²) in [4.78, 5) is 32.3. The zero-order chi connectivity index (χ0) is 11.9. The minimum Gasteiger partial charge on any atom is -0.408 e. The van der Waals surface area contributed by atoms with Gasteiger partial charge in [0.2, 0.25) is 0 Å². The molecule has 0 aliphatic heterocycles. The first-order chi connectivity index (χ1) is 7.49. The predicted molar refractivity (Wildman–Crippen MR) is 50.1 cm³/mol. The van der Waals surface area contributed by atoms with Crippen LogP contribution in [0.2, 0.25) is 0 Å². The van der Waals surface area contributed by atoms with Crippen LogP contribution in [-0.2, 0) is 0 Å². The molecule has 1 aromatic carbocycles. The number of aromatic nitrogens is 1. The van der Waals surface area contributed by atoms with E-state index in [0.717, 1.165) is 12.1 Å². The van der Waals surface area contributed by atoms with Crippen molar-refractivity contribution >= 4 is 22.5 Å². The summed E-state index contributed by atoms with van der Waals surface area (Å²) in [5, 5.41) is 21.1. The average Bonchev–Trinajstić information content (AvgIpc) is 2.54. The van der Waals surface area contributed by atoms with Gasteiger partial charge in [0.05, 0.1) is 27.5 Å². The van der Waals surface area contributed by atoms with Crippen molar-refractivity contribution in [2.75, 3.05) is 0 Å². The lowest BCUT2D eigenvalue weighted by molar-refractivity contribution is -0.422. The fraction of sp³-hybridized carbons (Fsp3) is 0. The highest BCUT2D eigenvalue weighted by atomic mass is 16.6. The van der Waals surface area contributed by atoms with Crippen LogP contribution in [0.5, 0.6) is 0 Å². The van der Waals surface area contributed by atoms with Gasteiger partial charge in [-0.15, -0.1) is 0 Å². The SMILES string of the molecule is O=c1[nH]c2cc([N+](=O)[O-])c([N+](=O)[O-])cc2o1. The van der Waals surface area contributed by atoms with Gasteiger partial charge in [0.1, 0.15) is 0 Å². The third kappa shape index (κ3) is 1.39. The number of nitrogens with zero attached hydrogens (tertiary/aromatic N) is 2. The second kappa shape index (κ2) is 3.15. The average molecular weight is 225 g/mol. The summed E-state index contributed by atoms with van der Waals surface area (Å²) >= 11 is 0. The minimum atomic E-state index is -0.912. The van der Waals surface area contributed by atoms with Crippen LogP contribution in [0.25, 0.3) is 11.1 Å². The van der Waals surface area contributed by atoms with Crippen LogP contribution >= 0.6 is 0 Å². The number of aromatic amines is 1. The maximum atomic E-state index is 10.8.